The predicted octanol–water partition coefficient (Wildman–Crippen LogP) is 3.76. The van der Waals surface area contributed by atoms with E-state index in [1.165, 1.54) is 0 Å². The zero-order valence-electron chi connectivity index (χ0n) is 10.3. The molecule has 0 atom stereocenters. The molecule has 0 saturated heterocycles. The summed E-state index contributed by atoms with van der Waals surface area (Å²) in [5, 5.41) is 0. The second-order valence-electron chi connectivity index (χ2n) is 3.75. The molecule has 0 unspecified atom stereocenters. The molecule has 88 valence electrons. The van der Waals surface area contributed by atoms with Gasteiger partial charge in [0, 0.05) is 5.56 Å². The van der Waals surface area contributed by atoms with Crippen LogP contribution in [0.4, 0.5) is 0 Å². The van der Waals surface area contributed by atoms with Gasteiger partial charge in [0.05, 0.1) is 7.11 Å². The van der Waals surface area contributed by atoms with Crippen molar-refractivity contribution >= 4 is 6.08 Å². The third kappa shape index (κ3) is 3.54. The standard InChI is InChI=1S/C17H14O/c1-18-17-13-7-12-16(14-17)11-6-5-10-15-8-3-2-4-9-15/h2-4,6-9,11-14H,1H3/b11-6+. The van der Waals surface area contributed by atoms with Gasteiger partial charge in [0.25, 0.3) is 0 Å². The normalized spacial score (nSPS) is 9.83. The summed E-state index contributed by atoms with van der Waals surface area (Å²) in [7, 11) is 1.66. The Labute approximate surface area is 108 Å². The highest BCUT2D eigenvalue weighted by molar-refractivity contribution is 5.55. The molecular formula is C17H14O. The molecule has 18 heavy (non-hydrogen) atoms. The Bertz CT molecular complexity index is 586. The minimum absolute atomic E-state index is 0.855. The number of hydrogen-bond acceptors (Lipinski definition) is 1. The molecule has 0 radical (unpaired) electrons. The molecular weight excluding hydrogens is 220 g/mol. The quantitative estimate of drug-likeness (QED) is 0.719. The third-order valence-electron chi connectivity index (χ3n) is 2.44. The summed E-state index contributed by atoms with van der Waals surface area (Å²) in [6.07, 6.45) is 3.82. The first-order valence-corrected chi connectivity index (χ1v) is 5.76. The number of ether oxygens (including phenoxy) is 1. The minimum Gasteiger partial charge on any atom is -0.497 e. The Kier molecular flexibility index (Phi) is 4.22. The number of hydrogen-bond donors (Lipinski definition) is 0. The van der Waals surface area contributed by atoms with Crippen LogP contribution in [0.2, 0.25) is 0 Å². The van der Waals surface area contributed by atoms with Gasteiger partial charge in [-0.25, -0.2) is 0 Å². The molecule has 1 heteroatoms. The maximum absolute atomic E-state index is 5.16. The van der Waals surface area contributed by atoms with Gasteiger partial charge >= 0.3 is 0 Å². The molecule has 0 fully saturated rings. The fourth-order valence-electron chi connectivity index (χ4n) is 1.53. The lowest BCUT2D eigenvalue weighted by molar-refractivity contribution is 0.414. The molecule has 0 amide bonds. The maximum Gasteiger partial charge on any atom is 0.119 e. The molecule has 0 saturated carbocycles. The van der Waals surface area contributed by atoms with E-state index >= 15 is 0 Å². The molecule has 0 aromatic heterocycles. The van der Waals surface area contributed by atoms with Crippen LogP contribution in [0.15, 0.2) is 60.7 Å². The molecule has 0 bridgehead atoms. The minimum atomic E-state index is 0.855. The van der Waals surface area contributed by atoms with E-state index in [0.29, 0.717) is 0 Å². The first kappa shape index (κ1) is 12.0. The lowest BCUT2D eigenvalue weighted by Gasteiger charge is -1.98. The Morgan fingerprint density at radius 3 is 2.61 bits per heavy atom. The zero-order valence-corrected chi connectivity index (χ0v) is 10.3. The van der Waals surface area contributed by atoms with Crippen LogP contribution in [0.5, 0.6) is 5.75 Å². The molecule has 0 aliphatic heterocycles. The van der Waals surface area contributed by atoms with Crippen LogP contribution in [0.3, 0.4) is 0 Å². The van der Waals surface area contributed by atoms with Crippen molar-refractivity contribution in [1.82, 2.24) is 0 Å². The smallest absolute Gasteiger partial charge is 0.119 e. The van der Waals surface area contributed by atoms with Crippen LogP contribution < -0.4 is 4.74 Å². The van der Waals surface area contributed by atoms with E-state index in [9.17, 15) is 0 Å². The number of methoxy groups -OCH3 is 1. The van der Waals surface area contributed by atoms with E-state index in [4.69, 9.17) is 4.74 Å². The van der Waals surface area contributed by atoms with Crippen LogP contribution in [0.25, 0.3) is 6.08 Å². The van der Waals surface area contributed by atoms with Gasteiger partial charge in [0.15, 0.2) is 0 Å². The Balaban J connectivity index is 2.06. The van der Waals surface area contributed by atoms with Gasteiger partial charge in [0.2, 0.25) is 0 Å². The molecule has 2 aromatic carbocycles. The topological polar surface area (TPSA) is 9.23 Å². The highest BCUT2D eigenvalue weighted by Crippen LogP contribution is 2.13. The largest absolute Gasteiger partial charge is 0.497 e. The van der Waals surface area contributed by atoms with E-state index in [-0.39, 0.29) is 0 Å². The Morgan fingerprint density at radius 1 is 1.00 bits per heavy atom. The average Bonchev–Trinajstić information content (AvgIpc) is 2.45. The summed E-state index contributed by atoms with van der Waals surface area (Å²) in [5.41, 5.74) is 2.10. The lowest BCUT2D eigenvalue weighted by atomic mass is 10.2. The van der Waals surface area contributed by atoms with Gasteiger partial charge in [0.1, 0.15) is 5.75 Å². The fraction of sp³-hybridized carbons (Fsp3) is 0.0588. The van der Waals surface area contributed by atoms with E-state index in [2.05, 4.69) is 11.8 Å². The maximum atomic E-state index is 5.16. The molecule has 0 heterocycles. The fourth-order valence-corrected chi connectivity index (χ4v) is 1.53. The summed E-state index contributed by atoms with van der Waals surface area (Å²) in [6, 6.07) is 17.8. The van der Waals surface area contributed by atoms with Crippen molar-refractivity contribution in [2.24, 2.45) is 0 Å². The highest BCUT2D eigenvalue weighted by Gasteiger charge is 1.90. The summed E-state index contributed by atoms with van der Waals surface area (Å²) in [6.45, 7) is 0. The number of benzene rings is 2. The summed E-state index contributed by atoms with van der Waals surface area (Å²) < 4.78 is 5.16. The van der Waals surface area contributed by atoms with Crippen molar-refractivity contribution in [2.45, 2.75) is 0 Å². The first-order chi connectivity index (χ1) is 8.88. The molecule has 0 aliphatic rings. The van der Waals surface area contributed by atoms with E-state index in [1.807, 2.05) is 66.7 Å². The van der Waals surface area contributed by atoms with Crippen molar-refractivity contribution in [1.29, 1.82) is 0 Å². The van der Waals surface area contributed by atoms with E-state index in [1.54, 1.807) is 7.11 Å². The van der Waals surface area contributed by atoms with Crippen LogP contribution in [-0.4, -0.2) is 7.11 Å². The molecule has 0 aliphatic carbocycles. The average molecular weight is 234 g/mol. The van der Waals surface area contributed by atoms with Crippen molar-refractivity contribution in [3.05, 3.63) is 71.8 Å². The first-order valence-electron chi connectivity index (χ1n) is 5.76. The number of allylic oxidation sites excluding steroid dienone is 1. The Morgan fingerprint density at radius 2 is 1.83 bits per heavy atom. The molecule has 2 aromatic rings. The van der Waals surface area contributed by atoms with Crippen molar-refractivity contribution in [3.8, 4) is 17.6 Å². The van der Waals surface area contributed by atoms with Crippen LogP contribution >= 0.6 is 0 Å². The Hall–Kier alpha value is -2.46. The molecule has 0 N–H and O–H groups in total. The van der Waals surface area contributed by atoms with E-state index < -0.39 is 0 Å². The monoisotopic (exact) mass is 234 g/mol. The second-order valence-corrected chi connectivity index (χ2v) is 3.75. The molecule has 2 rings (SSSR count). The summed E-state index contributed by atoms with van der Waals surface area (Å²) in [5.74, 6) is 6.95. The SMILES string of the molecule is COc1cccc(/C=C/C#Cc2ccccc2)c1. The van der Waals surface area contributed by atoms with Gasteiger partial charge in [-0.3, -0.25) is 0 Å². The second kappa shape index (κ2) is 6.32. The van der Waals surface area contributed by atoms with Crippen molar-refractivity contribution in [3.63, 3.8) is 0 Å². The van der Waals surface area contributed by atoms with E-state index in [0.717, 1.165) is 16.9 Å². The van der Waals surface area contributed by atoms with Crippen molar-refractivity contribution in [2.75, 3.05) is 7.11 Å². The zero-order chi connectivity index (χ0) is 12.6. The van der Waals surface area contributed by atoms with Crippen LogP contribution in [0, 0.1) is 11.8 Å². The van der Waals surface area contributed by atoms with Gasteiger partial charge in [-0.1, -0.05) is 42.2 Å². The lowest BCUT2D eigenvalue weighted by Crippen LogP contribution is -1.81. The van der Waals surface area contributed by atoms with Crippen LogP contribution in [-0.2, 0) is 0 Å². The third-order valence-corrected chi connectivity index (χ3v) is 2.44. The predicted molar refractivity (Wildman–Crippen MR) is 75.3 cm³/mol. The van der Waals surface area contributed by atoms with Gasteiger partial charge in [-0.2, -0.15) is 0 Å². The summed E-state index contributed by atoms with van der Waals surface area (Å²) in [4.78, 5) is 0. The molecule has 1 nitrogen and oxygen atoms in total. The number of rotatable bonds is 2. The van der Waals surface area contributed by atoms with Gasteiger partial charge in [-0.15, -0.1) is 0 Å². The molecule has 0 spiro atoms. The van der Waals surface area contributed by atoms with Gasteiger partial charge in [-0.05, 0) is 42.0 Å². The van der Waals surface area contributed by atoms with Crippen LogP contribution in [0.1, 0.15) is 11.1 Å². The summed E-state index contributed by atoms with van der Waals surface area (Å²) >= 11 is 0. The highest BCUT2D eigenvalue weighted by atomic mass is 16.5. The van der Waals surface area contributed by atoms with Gasteiger partial charge < -0.3 is 4.74 Å². The van der Waals surface area contributed by atoms with Crippen molar-refractivity contribution < 1.29 is 4.74 Å².